The van der Waals surface area contributed by atoms with Crippen LogP contribution in [0.5, 0.6) is 5.75 Å². The van der Waals surface area contributed by atoms with E-state index in [9.17, 15) is 5.11 Å². The number of ether oxygens (including phenoxy) is 1. The Morgan fingerprint density at radius 3 is 2.68 bits per heavy atom. The molecule has 1 saturated heterocycles. The van der Waals surface area contributed by atoms with Crippen LogP contribution in [0.3, 0.4) is 0 Å². The Balaban J connectivity index is 1.52. The molecule has 0 aliphatic carbocycles. The minimum absolute atomic E-state index is 0.236. The molecule has 1 fully saturated rings. The number of aliphatic hydroxyl groups is 1. The van der Waals surface area contributed by atoms with Gasteiger partial charge in [0.15, 0.2) is 11.6 Å². The van der Waals surface area contributed by atoms with E-state index in [-0.39, 0.29) is 6.10 Å². The minimum atomic E-state index is -0.236. The average Bonchev–Trinajstić information content (AvgIpc) is 3.29. The summed E-state index contributed by atoms with van der Waals surface area (Å²) in [6.07, 6.45) is 1.25. The number of nitrogens with zero attached hydrogens (tertiary/aromatic N) is 4. The Morgan fingerprint density at radius 1 is 1.15 bits per heavy atom. The van der Waals surface area contributed by atoms with Gasteiger partial charge in [-0.2, -0.15) is 0 Å². The zero-order valence-corrected chi connectivity index (χ0v) is 21.5. The number of piperidine rings is 1. The number of anilines is 2. The van der Waals surface area contributed by atoms with Crippen LogP contribution in [-0.4, -0.2) is 46.6 Å². The van der Waals surface area contributed by atoms with Gasteiger partial charge in [-0.25, -0.2) is 4.98 Å². The second kappa shape index (κ2) is 9.85. The molecule has 0 radical (unpaired) electrons. The van der Waals surface area contributed by atoms with Crippen LogP contribution in [0.2, 0.25) is 0 Å². The first-order chi connectivity index (χ1) is 16.5. The number of aromatic nitrogens is 3. The minimum Gasteiger partial charge on any atom is -0.496 e. The molecule has 176 valence electrons. The third kappa shape index (κ3) is 4.73. The van der Waals surface area contributed by atoms with Crippen LogP contribution in [0.25, 0.3) is 21.3 Å². The highest BCUT2D eigenvalue weighted by Crippen LogP contribution is 2.35. The van der Waals surface area contributed by atoms with Gasteiger partial charge < -0.3 is 20.1 Å². The molecule has 0 spiro atoms. The van der Waals surface area contributed by atoms with Crippen LogP contribution >= 0.6 is 27.3 Å². The van der Waals surface area contributed by atoms with E-state index in [0.717, 1.165) is 80.4 Å². The van der Waals surface area contributed by atoms with E-state index in [2.05, 4.69) is 64.9 Å². The van der Waals surface area contributed by atoms with Crippen molar-refractivity contribution >= 4 is 49.7 Å². The number of hydrogen-bond acceptors (Lipinski definition) is 8. The van der Waals surface area contributed by atoms with E-state index < -0.39 is 0 Å². The SMILES string of the molecule is COc1ccc(CNc2nnc(N3CCC(O)CC3)c3ccc(-c4nc(C)cs4)cc23)cc1Br. The Morgan fingerprint density at radius 2 is 1.97 bits per heavy atom. The fraction of sp³-hybridized carbons (Fsp3) is 0.320. The lowest BCUT2D eigenvalue weighted by Crippen LogP contribution is -2.36. The van der Waals surface area contributed by atoms with Crippen molar-refractivity contribution in [3.05, 3.63) is 57.5 Å². The van der Waals surface area contributed by atoms with Crippen molar-refractivity contribution in [1.29, 1.82) is 0 Å². The van der Waals surface area contributed by atoms with Crippen LogP contribution in [0, 0.1) is 6.92 Å². The van der Waals surface area contributed by atoms with Gasteiger partial charge in [-0.1, -0.05) is 12.1 Å². The summed E-state index contributed by atoms with van der Waals surface area (Å²) in [5.41, 5.74) is 3.18. The van der Waals surface area contributed by atoms with Gasteiger partial charge in [0, 0.05) is 47.0 Å². The second-order valence-corrected chi connectivity index (χ2v) is 10.2. The predicted molar refractivity (Wildman–Crippen MR) is 141 cm³/mol. The van der Waals surface area contributed by atoms with E-state index in [4.69, 9.17) is 4.74 Å². The van der Waals surface area contributed by atoms with Gasteiger partial charge in [-0.15, -0.1) is 21.5 Å². The van der Waals surface area contributed by atoms with Gasteiger partial charge in [-0.05, 0) is 65.5 Å². The quantitative estimate of drug-likeness (QED) is 0.339. The Bertz CT molecular complexity index is 1320. The number of benzene rings is 2. The van der Waals surface area contributed by atoms with Crippen molar-refractivity contribution in [3.63, 3.8) is 0 Å². The molecule has 0 atom stereocenters. The smallest absolute Gasteiger partial charge is 0.159 e. The first-order valence-corrected chi connectivity index (χ1v) is 12.9. The standard InChI is InChI=1S/C25H26BrN5O2S/c1-15-14-34-25(28-15)17-4-5-19-20(12-17)23(27-13-16-3-6-22(33-2)21(26)11-16)29-30-24(19)31-9-7-18(32)8-10-31/h3-6,11-12,14,18,32H,7-10,13H2,1-2H3,(H,27,29). The zero-order valence-electron chi connectivity index (χ0n) is 19.1. The number of thiazole rings is 1. The van der Waals surface area contributed by atoms with Gasteiger partial charge >= 0.3 is 0 Å². The Kier molecular flexibility index (Phi) is 6.67. The molecule has 2 aromatic carbocycles. The van der Waals surface area contributed by atoms with Crippen molar-refractivity contribution < 1.29 is 9.84 Å². The van der Waals surface area contributed by atoms with Gasteiger partial charge in [-0.3, -0.25) is 0 Å². The number of nitrogens with one attached hydrogen (secondary N) is 1. The van der Waals surface area contributed by atoms with Crippen molar-refractivity contribution in [1.82, 2.24) is 15.2 Å². The maximum atomic E-state index is 9.94. The van der Waals surface area contributed by atoms with Gasteiger partial charge in [0.25, 0.3) is 0 Å². The lowest BCUT2D eigenvalue weighted by Gasteiger charge is -2.31. The molecule has 3 heterocycles. The molecule has 0 bridgehead atoms. The number of aliphatic hydroxyl groups excluding tert-OH is 1. The van der Waals surface area contributed by atoms with Crippen LogP contribution < -0.4 is 15.0 Å². The highest BCUT2D eigenvalue weighted by molar-refractivity contribution is 9.10. The number of methoxy groups -OCH3 is 1. The first-order valence-electron chi connectivity index (χ1n) is 11.2. The van der Waals surface area contributed by atoms with E-state index in [0.29, 0.717) is 6.54 Å². The van der Waals surface area contributed by atoms with E-state index >= 15 is 0 Å². The summed E-state index contributed by atoms with van der Waals surface area (Å²) in [6, 6.07) is 12.4. The predicted octanol–water partition coefficient (Wildman–Crippen LogP) is 5.41. The molecule has 34 heavy (non-hydrogen) atoms. The molecule has 5 rings (SSSR count). The summed E-state index contributed by atoms with van der Waals surface area (Å²) in [6.45, 7) is 4.15. The molecule has 1 aliphatic heterocycles. The van der Waals surface area contributed by atoms with E-state index in [1.54, 1.807) is 18.4 Å². The summed E-state index contributed by atoms with van der Waals surface area (Å²) in [4.78, 5) is 6.89. The van der Waals surface area contributed by atoms with Crippen molar-refractivity contribution in [2.45, 2.75) is 32.4 Å². The lowest BCUT2D eigenvalue weighted by atomic mass is 10.1. The molecule has 2 N–H and O–H groups in total. The fourth-order valence-corrected chi connectivity index (χ4v) is 5.59. The van der Waals surface area contributed by atoms with Crippen molar-refractivity contribution in [3.8, 4) is 16.3 Å². The summed E-state index contributed by atoms with van der Waals surface area (Å²) >= 11 is 5.20. The maximum Gasteiger partial charge on any atom is 0.159 e. The normalized spacial score (nSPS) is 14.5. The van der Waals surface area contributed by atoms with Gasteiger partial charge in [0.2, 0.25) is 0 Å². The topological polar surface area (TPSA) is 83.4 Å². The monoisotopic (exact) mass is 539 g/mol. The van der Waals surface area contributed by atoms with Crippen molar-refractivity contribution in [2.24, 2.45) is 0 Å². The van der Waals surface area contributed by atoms with E-state index in [1.165, 1.54) is 0 Å². The molecular formula is C25H26BrN5O2S. The van der Waals surface area contributed by atoms with Crippen LogP contribution in [-0.2, 0) is 6.54 Å². The van der Waals surface area contributed by atoms with Crippen LogP contribution in [0.4, 0.5) is 11.6 Å². The maximum absolute atomic E-state index is 9.94. The zero-order chi connectivity index (χ0) is 23.7. The molecule has 9 heteroatoms. The molecular weight excluding hydrogens is 514 g/mol. The van der Waals surface area contributed by atoms with Gasteiger partial charge in [0.05, 0.1) is 17.7 Å². The third-order valence-electron chi connectivity index (χ3n) is 6.07. The Labute approximate surface area is 210 Å². The molecule has 4 aromatic rings. The van der Waals surface area contributed by atoms with E-state index in [1.807, 2.05) is 25.1 Å². The van der Waals surface area contributed by atoms with Crippen LogP contribution in [0.1, 0.15) is 24.1 Å². The summed E-state index contributed by atoms with van der Waals surface area (Å²) < 4.78 is 6.25. The average molecular weight is 540 g/mol. The Hall–Kier alpha value is -2.75. The lowest BCUT2D eigenvalue weighted by molar-refractivity contribution is 0.145. The largest absolute Gasteiger partial charge is 0.496 e. The number of fused-ring (bicyclic) bond motifs is 1. The van der Waals surface area contributed by atoms with Crippen LogP contribution in [0.15, 0.2) is 46.3 Å². The molecule has 0 amide bonds. The third-order valence-corrected chi connectivity index (χ3v) is 7.70. The first kappa shape index (κ1) is 23.0. The highest BCUT2D eigenvalue weighted by atomic mass is 79.9. The van der Waals surface area contributed by atoms with Crippen molar-refractivity contribution in [2.75, 3.05) is 30.4 Å². The summed E-state index contributed by atoms with van der Waals surface area (Å²) in [5, 5.41) is 27.7. The number of rotatable bonds is 6. The summed E-state index contributed by atoms with van der Waals surface area (Å²) in [7, 11) is 1.66. The second-order valence-electron chi connectivity index (χ2n) is 8.47. The number of halogens is 1. The highest BCUT2D eigenvalue weighted by Gasteiger charge is 2.22. The van der Waals surface area contributed by atoms with Gasteiger partial charge in [0.1, 0.15) is 10.8 Å². The molecule has 7 nitrogen and oxygen atoms in total. The molecule has 0 unspecified atom stereocenters. The molecule has 0 saturated carbocycles. The molecule has 1 aliphatic rings. The summed E-state index contributed by atoms with van der Waals surface area (Å²) in [5.74, 6) is 2.40. The number of hydrogen-bond donors (Lipinski definition) is 2. The number of aryl methyl sites for hydroxylation is 1. The molecule has 2 aromatic heterocycles. The fourth-order valence-electron chi connectivity index (χ4n) is 4.21.